The minimum Gasteiger partial charge on any atom is -0.444 e. The van der Waals surface area contributed by atoms with Gasteiger partial charge in [-0.2, -0.15) is 4.98 Å². The lowest BCUT2D eigenvalue weighted by Gasteiger charge is -2.10. The van der Waals surface area contributed by atoms with Crippen LogP contribution in [0.15, 0.2) is 44.5 Å². The summed E-state index contributed by atoms with van der Waals surface area (Å²) in [6.45, 7) is 7.87. The number of benzene rings is 1. The van der Waals surface area contributed by atoms with Gasteiger partial charge in [-0.25, -0.2) is 9.98 Å². The van der Waals surface area contributed by atoms with Crippen molar-refractivity contribution < 1.29 is 8.94 Å². The molecular formula is C20H26N6O2. The van der Waals surface area contributed by atoms with Crippen LogP contribution in [0.4, 0.5) is 0 Å². The van der Waals surface area contributed by atoms with Crippen LogP contribution in [-0.2, 0) is 13.0 Å². The van der Waals surface area contributed by atoms with E-state index in [4.69, 9.17) is 8.94 Å². The van der Waals surface area contributed by atoms with Gasteiger partial charge in [0.25, 0.3) is 0 Å². The molecule has 3 aromatic rings. The van der Waals surface area contributed by atoms with Crippen LogP contribution >= 0.6 is 0 Å². The predicted molar refractivity (Wildman–Crippen MR) is 107 cm³/mol. The molecule has 148 valence electrons. The van der Waals surface area contributed by atoms with Crippen LogP contribution in [0, 0.1) is 13.8 Å². The summed E-state index contributed by atoms with van der Waals surface area (Å²) < 4.78 is 10.7. The molecule has 3 rings (SSSR count). The minimum absolute atomic E-state index is 0.438. The highest BCUT2D eigenvalue weighted by Gasteiger charge is 2.07. The van der Waals surface area contributed by atoms with Gasteiger partial charge in [-0.3, -0.25) is 0 Å². The fourth-order valence-corrected chi connectivity index (χ4v) is 2.60. The number of nitrogens with one attached hydrogen (secondary N) is 2. The molecule has 0 fully saturated rings. The Labute approximate surface area is 164 Å². The Hall–Kier alpha value is -3.16. The normalized spacial score (nSPS) is 11.6. The van der Waals surface area contributed by atoms with Crippen molar-refractivity contribution in [1.82, 2.24) is 25.8 Å². The Kier molecular flexibility index (Phi) is 6.78. The van der Waals surface area contributed by atoms with Gasteiger partial charge < -0.3 is 19.6 Å². The number of nitrogens with zero attached hydrogens (tertiary/aromatic N) is 4. The molecule has 2 aromatic heterocycles. The lowest BCUT2D eigenvalue weighted by molar-refractivity contribution is 0.372. The molecule has 0 spiro atoms. The van der Waals surface area contributed by atoms with Gasteiger partial charge in [0, 0.05) is 25.1 Å². The van der Waals surface area contributed by atoms with E-state index >= 15 is 0 Å². The van der Waals surface area contributed by atoms with Crippen LogP contribution in [0.5, 0.6) is 0 Å². The molecule has 0 aliphatic rings. The third-order valence-corrected chi connectivity index (χ3v) is 4.02. The highest BCUT2D eigenvalue weighted by atomic mass is 16.5. The molecule has 0 aliphatic heterocycles. The van der Waals surface area contributed by atoms with E-state index < -0.39 is 0 Å². The molecule has 0 atom stereocenters. The van der Waals surface area contributed by atoms with E-state index in [2.05, 4.69) is 37.7 Å². The first-order valence-corrected chi connectivity index (χ1v) is 9.47. The highest BCUT2D eigenvalue weighted by Crippen LogP contribution is 2.19. The quantitative estimate of drug-likeness (QED) is 0.351. The number of aromatic nitrogens is 3. The van der Waals surface area contributed by atoms with Gasteiger partial charge in [-0.1, -0.05) is 22.9 Å². The molecule has 0 unspecified atom stereocenters. The van der Waals surface area contributed by atoms with Gasteiger partial charge in [0.1, 0.15) is 12.0 Å². The number of hydrogen-bond acceptors (Lipinski definition) is 6. The average Bonchev–Trinajstić information content (AvgIpc) is 3.33. The summed E-state index contributed by atoms with van der Waals surface area (Å²) in [4.78, 5) is 13.3. The van der Waals surface area contributed by atoms with Gasteiger partial charge in [0.2, 0.25) is 11.8 Å². The first-order chi connectivity index (χ1) is 13.6. The van der Waals surface area contributed by atoms with Crippen LogP contribution in [-0.4, -0.2) is 34.2 Å². The fourth-order valence-electron chi connectivity index (χ4n) is 2.60. The minimum atomic E-state index is 0.438. The highest BCUT2D eigenvalue weighted by molar-refractivity contribution is 5.79. The zero-order valence-corrected chi connectivity index (χ0v) is 16.5. The molecule has 1 aromatic carbocycles. The zero-order valence-electron chi connectivity index (χ0n) is 16.5. The fraction of sp³-hybridized carbons (Fsp3) is 0.400. The monoisotopic (exact) mass is 382 g/mol. The number of aliphatic imine (C=N–C) groups is 1. The molecule has 0 amide bonds. The average molecular weight is 382 g/mol. The van der Waals surface area contributed by atoms with E-state index in [0.717, 1.165) is 43.1 Å². The van der Waals surface area contributed by atoms with Gasteiger partial charge in [0.15, 0.2) is 11.8 Å². The molecule has 2 heterocycles. The number of rotatable bonds is 8. The maximum Gasteiger partial charge on any atom is 0.226 e. The Balaban J connectivity index is 1.51. The molecule has 0 radical (unpaired) electrons. The number of guanidine groups is 1. The van der Waals surface area contributed by atoms with Crippen LogP contribution < -0.4 is 10.6 Å². The van der Waals surface area contributed by atoms with Crippen molar-refractivity contribution in [2.24, 2.45) is 4.99 Å². The van der Waals surface area contributed by atoms with Crippen LogP contribution in [0.1, 0.15) is 36.3 Å². The van der Waals surface area contributed by atoms with Crippen molar-refractivity contribution in [2.75, 3.05) is 13.1 Å². The topological polar surface area (TPSA) is 101 Å². The molecule has 8 heteroatoms. The van der Waals surface area contributed by atoms with Crippen molar-refractivity contribution in [3.05, 3.63) is 53.5 Å². The lowest BCUT2D eigenvalue weighted by Crippen LogP contribution is -2.37. The summed E-state index contributed by atoms with van der Waals surface area (Å²) in [5.74, 6) is 2.67. The second-order valence-corrected chi connectivity index (χ2v) is 6.47. The van der Waals surface area contributed by atoms with Crippen molar-refractivity contribution in [2.45, 2.75) is 40.2 Å². The third kappa shape index (κ3) is 5.67. The smallest absolute Gasteiger partial charge is 0.226 e. The van der Waals surface area contributed by atoms with Gasteiger partial charge in [-0.05, 0) is 39.3 Å². The second-order valence-electron chi connectivity index (χ2n) is 6.47. The van der Waals surface area contributed by atoms with E-state index in [1.54, 1.807) is 6.26 Å². The summed E-state index contributed by atoms with van der Waals surface area (Å²) in [6.07, 6.45) is 3.25. The first-order valence-electron chi connectivity index (χ1n) is 9.47. The zero-order chi connectivity index (χ0) is 19.8. The standard InChI is InChI=1S/C20H26N6O2/c1-4-21-20(22-11-5-6-18-24-15(3)26-28-18)23-12-17-13-27-19(25-17)16-9-7-14(2)8-10-16/h7-10,13H,4-6,11-12H2,1-3H3,(H2,21,22,23). The molecule has 2 N–H and O–H groups in total. The van der Waals surface area contributed by atoms with Crippen molar-refractivity contribution in [1.29, 1.82) is 0 Å². The Bertz CT molecular complexity index is 898. The molecule has 0 bridgehead atoms. The first kappa shape index (κ1) is 19.6. The van der Waals surface area contributed by atoms with Crippen LogP contribution in [0.25, 0.3) is 11.5 Å². The van der Waals surface area contributed by atoms with Crippen molar-refractivity contribution in [3.8, 4) is 11.5 Å². The van der Waals surface area contributed by atoms with E-state index in [-0.39, 0.29) is 0 Å². The van der Waals surface area contributed by atoms with Gasteiger partial charge in [-0.15, -0.1) is 0 Å². The van der Waals surface area contributed by atoms with E-state index in [1.807, 2.05) is 38.1 Å². The predicted octanol–water partition coefficient (Wildman–Crippen LogP) is 3.03. The van der Waals surface area contributed by atoms with Crippen LogP contribution in [0.3, 0.4) is 0 Å². The van der Waals surface area contributed by atoms with E-state index in [1.165, 1.54) is 5.56 Å². The van der Waals surface area contributed by atoms with Gasteiger partial charge in [0.05, 0.1) is 6.54 Å². The van der Waals surface area contributed by atoms with Crippen LogP contribution in [0.2, 0.25) is 0 Å². The van der Waals surface area contributed by atoms with Gasteiger partial charge >= 0.3 is 0 Å². The third-order valence-electron chi connectivity index (χ3n) is 4.02. The Morgan fingerprint density at radius 3 is 2.64 bits per heavy atom. The Morgan fingerprint density at radius 2 is 1.93 bits per heavy atom. The molecule has 8 nitrogen and oxygen atoms in total. The summed E-state index contributed by atoms with van der Waals surface area (Å²) in [6, 6.07) is 8.09. The lowest BCUT2D eigenvalue weighted by atomic mass is 10.1. The van der Waals surface area contributed by atoms with Crippen molar-refractivity contribution >= 4 is 5.96 Å². The van der Waals surface area contributed by atoms with E-state index in [0.29, 0.717) is 24.2 Å². The molecule has 0 aliphatic carbocycles. The number of hydrogen-bond donors (Lipinski definition) is 2. The molecule has 0 saturated carbocycles. The SMILES string of the molecule is CCNC(=NCc1coc(-c2ccc(C)cc2)n1)NCCCc1nc(C)no1. The summed E-state index contributed by atoms with van der Waals surface area (Å²) in [5, 5.41) is 10.3. The maximum absolute atomic E-state index is 5.59. The summed E-state index contributed by atoms with van der Waals surface area (Å²) in [5.41, 5.74) is 2.95. The number of aryl methyl sites for hydroxylation is 3. The van der Waals surface area contributed by atoms with Crippen molar-refractivity contribution in [3.63, 3.8) is 0 Å². The summed E-state index contributed by atoms with van der Waals surface area (Å²) in [7, 11) is 0. The maximum atomic E-state index is 5.59. The summed E-state index contributed by atoms with van der Waals surface area (Å²) >= 11 is 0. The number of oxazole rings is 1. The molecular weight excluding hydrogens is 356 g/mol. The second kappa shape index (κ2) is 9.68. The Morgan fingerprint density at radius 1 is 1.11 bits per heavy atom. The molecule has 28 heavy (non-hydrogen) atoms. The molecule has 0 saturated heterocycles. The van der Waals surface area contributed by atoms with E-state index in [9.17, 15) is 0 Å². The largest absolute Gasteiger partial charge is 0.444 e.